The summed E-state index contributed by atoms with van der Waals surface area (Å²) in [5, 5.41) is 6.36. The van der Waals surface area contributed by atoms with Crippen molar-refractivity contribution in [1.29, 1.82) is 0 Å². The maximum atomic E-state index is 13.0. The number of rotatable bonds is 8. The number of methoxy groups -OCH3 is 1. The molecule has 1 unspecified atom stereocenters. The Hall–Kier alpha value is -2.90. The number of carbonyl (C=O) groups excluding carboxylic acids is 2. The molecular weight excluding hydrogens is 467 g/mol. The molecular formula is C24H26Cl2N2O5. The van der Waals surface area contributed by atoms with E-state index < -0.39 is 18.0 Å². The maximum Gasteiger partial charge on any atom is 0.338 e. The lowest BCUT2D eigenvalue weighted by Gasteiger charge is -2.30. The predicted octanol–water partition coefficient (Wildman–Crippen LogP) is 5.41. The quantitative estimate of drug-likeness (QED) is 0.481. The molecule has 0 radical (unpaired) electrons. The van der Waals surface area contributed by atoms with Crippen molar-refractivity contribution in [3.05, 3.63) is 68.8 Å². The van der Waals surface area contributed by atoms with Gasteiger partial charge in [-0.15, -0.1) is 0 Å². The lowest BCUT2D eigenvalue weighted by atomic mass is 9.94. The normalized spacial score (nSPS) is 15.7. The number of allylic oxidation sites excluding steroid dienone is 1. The van der Waals surface area contributed by atoms with Gasteiger partial charge in [0.1, 0.15) is 6.61 Å². The molecule has 3 rings (SSSR count). The van der Waals surface area contributed by atoms with E-state index in [9.17, 15) is 9.59 Å². The molecule has 2 N–H and O–H groups in total. The maximum absolute atomic E-state index is 13.0. The van der Waals surface area contributed by atoms with Gasteiger partial charge in [0.15, 0.2) is 11.5 Å². The number of ether oxygens (including phenoxy) is 3. The van der Waals surface area contributed by atoms with Crippen molar-refractivity contribution in [2.45, 2.75) is 33.4 Å². The minimum absolute atomic E-state index is 0.0562. The third-order valence-electron chi connectivity index (χ3n) is 5.00. The lowest BCUT2D eigenvalue weighted by molar-refractivity contribution is -0.140. The summed E-state index contributed by atoms with van der Waals surface area (Å²) in [6, 6.07) is 9.16. The van der Waals surface area contributed by atoms with E-state index >= 15 is 0 Å². The summed E-state index contributed by atoms with van der Waals surface area (Å²) in [5.41, 5.74) is 1.82. The van der Waals surface area contributed by atoms with Gasteiger partial charge in [-0.3, -0.25) is 0 Å². The molecule has 1 atom stereocenters. The first-order chi connectivity index (χ1) is 15.7. The number of benzene rings is 2. The second-order valence-corrected chi connectivity index (χ2v) is 8.74. The SMILES string of the molecule is COc1cccc(C2NC(=O)NC(C)=C2C(=O)OCC(C)C)c1OCc1c(Cl)cccc1Cl. The molecule has 1 aliphatic rings. The molecule has 1 heterocycles. The number of esters is 1. The van der Waals surface area contributed by atoms with Crippen LogP contribution in [0.1, 0.15) is 37.9 Å². The largest absolute Gasteiger partial charge is 0.493 e. The van der Waals surface area contributed by atoms with E-state index in [1.54, 1.807) is 43.3 Å². The van der Waals surface area contributed by atoms with Crippen molar-refractivity contribution < 1.29 is 23.8 Å². The molecule has 0 spiro atoms. The average molecular weight is 493 g/mol. The molecule has 0 bridgehead atoms. The Balaban J connectivity index is 2.02. The van der Waals surface area contributed by atoms with Crippen LogP contribution in [0.4, 0.5) is 4.79 Å². The molecule has 0 saturated heterocycles. The van der Waals surface area contributed by atoms with E-state index in [4.69, 9.17) is 37.4 Å². The Morgan fingerprint density at radius 2 is 1.79 bits per heavy atom. The van der Waals surface area contributed by atoms with Gasteiger partial charge in [-0.25, -0.2) is 9.59 Å². The first kappa shape index (κ1) is 24.7. The van der Waals surface area contributed by atoms with Crippen molar-refractivity contribution in [3.63, 3.8) is 0 Å². The van der Waals surface area contributed by atoms with Crippen LogP contribution in [0, 0.1) is 5.92 Å². The van der Waals surface area contributed by atoms with Crippen LogP contribution in [-0.4, -0.2) is 25.7 Å². The van der Waals surface area contributed by atoms with Crippen molar-refractivity contribution in [2.24, 2.45) is 5.92 Å². The number of hydrogen-bond acceptors (Lipinski definition) is 5. The van der Waals surface area contributed by atoms with Crippen LogP contribution in [0.5, 0.6) is 11.5 Å². The summed E-state index contributed by atoms with van der Waals surface area (Å²) in [5.74, 6) is 0.415. The molecule has 33 heavy (non-hydrogen) atoms. The summed E-state index contributed by atoms with van der Waals surface area (Å²) in [6.45, 7) is 5.85. The van der Waals surface area contributed by atoms with E-state index in [0.717, 1.165) is 0 Å². The first-order valence-electron chi connectivity index (χ1n) is 10.4. The second-order valence-electron chi connectivity index (χ2n) is 7.93. The highest BCUT2D eigenvalue weighted by Gasteiger charge is 2.35. The summed E-state index contributed by atoms with van der Waals surface area (Å²) >= 11 is 12.6. The Morgan fingerprint density at radius 1 is 1.12 bits per heavy atom. The van der Waals surface area contributed by atoms with Gasteiger partial charge in [-0.05, 0) is 31.0 Å². The van der Waals surface area contributed by atoms with Gasteiger partial charge in [-0.1, -0.05) is 55.2 Å². The predicted molar refractivity (Wildman–Crippen MR) is 127 cm³/mol. The second kappa shape index (κ2) is 10.8. The third kappa shape index (κ3) is 5.72. The van der Waals surface area contributed by atoms with E-state index in [2.05, 4.69) is 10.6 Å². The number of para-hydroxylation sites is 1. The summed E-state index contributed by atoms with van der Waals surface area (Å²) in [6.07, 6.45) is 0. The molecule has 176 valence electrons. The van der Waals surface area contributed by atoms with Crippen molar-refractivity contribution in [2.75, 3.05) is 13.7 Å². The Morgan fingerprint density at radius 3 is 2.42 bits per heavy atom. The van der Waals surface area contributed by atoms with Gasteiger partial charge in [0.25, 0.3) is 0 Å². The minimum atomic E-state index is -0.815. The zero-order valence-electron chi connectivity index (χ0n) is 18.8. The topological polar surface area (TPSA) is 85.9 Å². The van der Waals surface area contributed by atoms with Crippen LogP contribution in [0.2, 0.25) is 10.0 Å². The van der Waals surface area contributed by atoms with Gasteiger partial charge in [0.05, 0.1) is 25.3 Å². The van der Waals surface area contributed by atoms with Crippen LogP contribution in [0.3, 0.4) is 0 Å². The molecule has 0 aromatic heterocycles. The monoisotopic (exact) mass is 492 g/mol. The van der Waals surface area contributed by atoms with E-state index in [0.29, 0.717) is 38.4 Å². The fourth-order valence-corrected chi connectivity index (χ4v) is 3.91. The fraction of sp³-hybridized carbons (Fsp3) is 0.333. The molecule has 2 aromatic carbocycles. The fourth-order valence-electron chi connectivity index (χ4n) is 3.41. The van der Waals surface area contributed by atoms with Crippen LogP contribution in [0.15, 0.2) is 47.7 Å². The van der Waals surface area contributed by atoms with Gasteiger partial charge in [0, 0.05) is 26.9 Å². The zero-order valence-corrected chi connectivity index (χ0v) is 20.3. The molecule has 1 aliphatic heterocycles. The third-order valence-corrected chi connectivity index (χ3v) is 5.71. The van der Waals surface area contributed by atoms with Crippen molar-refractivity contribution in [1.82, 2.24) is 10.6 Å². The highest BCUT2D eigenvalue weighted by molar-refractivity contribution is 6.35. The number of amides is 2. The summed E-state index contributed by atoms with van der Waals surface area (Å²) < 4.78 is 17.1. The Bertz CT molecular complexity index is 1060. The summed E-state index contributed by atoms with van der Waals surface area (Å²) in [7, 11) is 1.51. The van der Waals surface area contributed by atoms with Crippen LogP contribution in [0.25, 0.3) is 0 Å². The number of nitrogens with one attached hydrogen (secondary N) is 2. The molecule has 0 saturated carbocycles. The van der Waals surface area contributed by atoms with E-state index in [1.165, 1.54) is 7.11 Å². The Kier molecular flexibility index (Phi) is 8.10. The van der Waals surface area contributed by atoms with Gasteiger partial charge in [0.2, 0.25) is 0 Å². The Labute approximate surface area is 203 Å². The molecule has 0 aliphatic carbocycles. The van der Waals surface area contributed by atoms with Crippen LogP contribution in [-0.2, 0) is 16.1 Å². The number of hydrogen-bond donors (Lipinski definition) is 2. The lowest BCUT2D eigenvalue weighted by Crippen LogP contribution is -2.45. The van der Waals surface area contributed by atoms with Crippen LogP contribution >= 0.6 is 23.2 Å². The van der Waals surface area contributed by atoms with Crippen LogP contribution < -0.4 is 20.1 Å². The minimum Gasteiger partial charge on any atom is -0.493 e. The van der Waals surface area contributed by atoms with E-state index in [1.807, 2.05) is 13.8 Å². The van der Waals surface area contributed by atoms with E-state index in [-0.39, 0.29) is 24.7 Å². The van der Waals surface area contributed by atoms with Gasteiger partial charge >= 0.3 is 12.0 Å². The van der Waals surface area contributed by atoms with Gasteiger partial charge in [-0.2, -0.15) is 0 Å². The standard InChI is InChI=1S/C24H26Cl2N2O5/c1-13(2)11-33-23(29)20-14(3)27-24(30)28-21(20)15-7-5-10-19(31-4)22(15)32-12-16-17(25)8-6-9-18(16)26/h5-10,13,21H,11-12H2,1-4H3,(H2,27,28,30). The van der Waals surface area contributed by atoms with Crippen molar-refractivity contribution >= 4 is 35.2 Å². The molecule has 9 heteroatoms. The smallest absolute Gasteiger partial charge is 0.338 e. The zero-order chi connectivity index (χ0) is 24.1. The summed E-state index contributed by atoms with van der Waals surface area (Å²) in [4.78, 5) is 25.3. The number of halogens is 2. The highest BCUT2D eigenvalue weighted by Crippen LogP contribution is 2.40. The number of urea groups is 1. The molecule has 2 aromatic rings. The molecule has 2 amide bonds. The number of carbonyl (C=O) groups is 2. The first-order valence-corrected chi connectivity index (χ1v) is 11.2. The molecule has 0 fully saturated rings. The van der Waals surface area contributed by atoms with Gasteiger partial charge < -0.3 is 24.8 Å². The molecule has 7 nitrogen and oxygen atoms in total. The van der Waals surface area contributed by atoms with Crippen molar-refractivity contribution in [3.8, 4) is 11.5 Å². The average Bonchev–Trinajstić information content (AvgIpc) is 2.76. The highest BCUT2D eigenvalue weighted by atomic mass is 35.5.